The average molecular weight is 302 g/mol. The predicted octanol–water partition coefficient (Wildman–Crippen LogP) is 1.62. The van der Waals surface area contributed by atoms with Crippen LogP contribution in [0.2, 0.25) is 0 Å². The molecule has 2 fully saturated rings. The highest BCUT2D eigenvalue weighted by molar-refractivity contribution is 5.83. The lowest BCUT2D eigenvalue weighted by atomic mass is 10.1. The second-order valence-corrected chi connectivity index (χ2v) is 6.84. The van der Waals surface area contributed by atoms with Gasteiger partial charge in [-0.05, 0) is 31.7 Å². The molecule has 22 heavy (non-hydrogen) atoms. The predicted molar refractivity (Wildman–Crippen MR) is 86.7 cm³/mol. The van der Waals surface area contributed by atoms with Crippen molar-refractivity contribution in [1.29, 1.82) is 0 Å². The van der Waals surface area contributed by atoms with Crippen LogP contribution in [-0.2, 0) is 4.79 Å². The molecule has 120 valence electrons. The van der Waals surface area contributed by atoms with Crippen molar-refractivity contribution in [3.05, 3.63) is 35.4 Å². The smallest absolute Gasteiger partial charge is 0.226 e. The van der Waals surface area contributed by atoms with Crippen molar-refractivity contribution in [3.8, 4) is 0 Å². The maximum atomic E-state index is 12.6. The van der Waals surface area contributed by atoms with Gasteiger partial charge in [-0.1, -0.05) is 29.8 Å². The van der Waals surface area contributed by atoms with Gasteiger partial charge in [0.1, 0.15) is 0 Å². The van der Waals surface area contributed by atoms with E-state index in [2.05, 4.69) is 36.1 Å². The molecule has 4 heteroatoms. The van der Waals surface area contributed by atoms with Crippen LogP contribution in [0.25, 0.3) is 0 Å². The molecule has 1 aliphatic heterocycles. The number of aryl methyl sites for hydroxylation is 1. The number of aliphatic hydroxyl groups excluding tert-OH is 1. The zero-order valence-corrected chi connectivity index (χ0v) is 13.5. The molecule has 0 aromatic heterocycles. The fourth-order valence-corrected chi connectivity index (χ4v) is 3.50. The van der Waals surface area contributed by atoms with Crippen LogP contribution >= 0.6 is 0 Å². The zero-order chi connectivity index (χ0) is 15.7. The van der Waals surface area contributed by atoms with E-state index in [1.807, 2.05) is 11.8 Å². The van der Waals surface area contributed by atoms with E-state index in [-0.39, 0.29) is 12.0 Å². The van der Waals surface area contributed by atoms with Crippen molar-refractivity contribution in [2.45, 2.75) is 32.3 Å². The standard InChI is InChI=1S/C18H26N2O2/c1-13-4-3-5-15(10-13)16-11-17(16)18(22)20-8-6-19(7-9-20)12-14(2)21/h3-5,10,14,16-17,21H,6-9,11-12H2,1-2H3/t14-,16-,17+/m0/s1. The first-order valence-corrected chi connectivity index (χ1v) is 8.30. The molecule has 0 unspecified atom stereocenters. The normalized spacial score (nSPS) is 26.8. The third-order valence-corrected chi connectivity index (χ3v) is 4.78. The number of hydrogen-bond donors (Lipinski definition) is 1. The van der Waals surface area contributed by atoms with E-state index in [0.29, 0.717) is 18.4 Å². The second-order valence-electron chi connectivity index (χ2n) is 6.84. The van der Waals surface area contributed by atoms with Crippen molar-refractivity contribution in [3.63, 3.8) is 0 Å². The first kappa shape index (κ1) is 15.5. The summed E-state index contributed by atoms with van der Waals surface area (Å²) in [5.74, 6) is 0.927. The molecule has 1 amide bonds. The van der Waals surface area contributed by atoms with Gasteiger partial charge in [-0.25, -0.2) is 0 Å². The Hall–Kier alpha value is -1.39. The molecular formula is C18H26N2O2. The first-order valence-electron chi connectivity index (χ1n) is 8.30. The highest BCUT2D eigenvalue weighted by atomic mass is 16.3. The summed E-state index contributed by atoms with van der Waals surface area (Å²) in [6.07, 6.45) is 0.701. The van der Waals surface area contributed by atoms with Gasteiger partial charge in [0.15, 0.2) is 0 Å². The van der Waals surface area contributed by atoms with E-state index in [0.717, 1.165) is 32.6 Å². The van der Waals surface area contributed by atoms with Gasteiger partial charge in [-0.3, -0.25) is 9.69 Å². The molecule has 3 rings (SSSR count). The second kappa shape index (κ2) is 6.39. The largest absolute Gasteiger partial charge is 0.392 e. The molecule has 1 aromatic rings. The van der Waals surface area contributed by atoms with E-state index >= 15 is 0 Å². The molecule has 0 spiro atoms. The van der Waals surface area contributed by atoms with Gasteiger partial charge in [-0.15, -0.1) is 0 Å². The van der Waals surface area contributed by atoms with Gasteiger partial charge >= 0.3 is 0 Å². The van der Waals surface area contributed by atoms with E-state index in [9.17, 15) is 9.90 Å². The highest BCUT2D eigenvalue weighted by Gasteiger charge is 2.46. The summed E-state index contributed by atoms with van der Waals surface area (Å²) >= 11 is 0. The van der Waals surface area contributed by atoms with E-state index in [1.54, 1.807) is 0 Å². The zero-order valence-electron chi connectivity index (χ0n) is 13.5. The maximum absolute atomic E-state index is 12.6. The highest BCUT2D eigenvalue weighted by Crippen LogP contribution is 2.48. The van der Waals surface area contributed by atoms with Crippen LogP contribution in [0.4, 0.5) is 0 Å². The van der Waals surface area contributed by atoms with Crippen LogP contribution in [0.5, 0.6) is 0 Å². The minimum absolute atomic E-state index is 0.185. The van der Waals surface area contributed by atoms with Gasteiger partial charge < -0.3 is 10.0 Å². The SMILES string of the molecule is Cc1cccc([C@@H]2C[C@H]2C(=O)N2CCN(C[C@H](C)O)CC2)c1. The molecule has 3 atom stereocenters. The van der Waals surface area contributed by atoms with Gasteiger partial charge in [0.2, 0.25) is 5.91 Å². The molecule has 2 aliphatic rings. The lowest BCUT2D eigenvalue weighted by Gasteiger charge is -2.35. The Morgan fingerprint density at radius 3 is 2.68 bits per heavy atom. The number of rotatable bonds is 4. The lowest BCUT2D eigenvalue weighted by Crippen LogP contribution is -2.50. The number of carbonyl (C=O) groups is 1. The molecule has 0 bridgehead atoms. The number of amides is 1. The summed E-state index contributed by atoms with van der Waals surface area (Å²) in [5.41, 5.74) is 2.58. The molecule has 1 N–H and O–H groups in total. The quantitative estimate of drug-likeness (QED) is 0.919. The number of nitrogens with zero attached hydrogens (tertiary/aromatic N) is 2. The average Bonchev–Trinajstić information content (AvgIpc) is 3.27. The van der Waals surface area contributed by atoms with Crippen LogP contribution in [-0.4, -0.2) is 59.6 Å². The summed E-state index contributed by atoms with van der Waals surface area (Å²) in [6.45, 7) is 7.96. The third-order valence-electron chi connectivity index (χ3n) is 4.78. The van der Waals surface area contributed by atoms with E-state index in [4.69, 9.17) is 0 Å². The Bertz CT molecular complexity index is 536. The number of aliphatic hydroxyl groups is 1. The Morgan fingerprint density at radius 1 is 1.32 bits per heavy atom. The van der Waals surface area contributed by atoms with Crippen LogP contribution in [0.15, 0.2) is 24.3 Å². The van der Waals surface area contributed by atoms with E-state index in [1.165, 1.54) is 11.1 Å². The molecule has 1 saturated heterocycles. The van der Waals surface area contributed by atoms with E-state index < -0.39 is 0 Å². The lowest BCUT2D eigenvalue weighted by molar-refractivity contribution is -0.134. The molecule has 4 nitrogen and oxygen atoms in total. The first-order chi connectivity index (χ1) is 10.5. The van der Waals surface area contributed by atoms with Gasteiger partial charge in [0, 0.05) is 38.6 Å². The molecule has 1 heterocycles. The number of hydrogen-bond acceptors (Lipinski definition) is 3. The summed E-state index contributed by atoms with van der Waals surface area (Å²) < 4.78 is 0. The minimum Gasteiger partial charge on any atom is -0.392 e. The summed E-state index contributed by atoms with van der Waals surface area (Å²) in [6, 6.07) is 8.54. The topological polar surface area (TPSA) is 43.8 Å². The van der Waals surface area contributed by atoms with Crippen molar-refractivity contribution in [2.75, 3.05) is 32.7 Å². The van der Waals surface area contributed by atoms with Crippen LogP contribution < -0.4 is 0 Å². The summed E-state index contributed by atoms with van der Waals surface area (Å²) in [5, 5.41) is 9.44. The molecule has 1 aliphatic carbocycles. The van der Waals surface area contributed by atoms with Crippen molar-refractivity contribution >= 4 is 5.91 Å². The molecular weight excluding hydrogens is 276 g/mol. The third kappa shape index (κ3) is 3.50. The number of carbonyl (C=O) groups excluding carboxylic acids is 1. The van der Waals surface area contributed by atoms with Crippen molar-refractivity contribution < 1.29 is 9.90 Å². The number of piperazine rings is 1. The summed E-state index contributed by atoms with van der Waals surface area (Å²) in [4.78, 5) is 16.9. The van der Waals surface area contributed by atoms with Gasteiger partial charge in [0.05, 0.1) is 6.10 Å². The van der Waals surface area contributed by atoms with Crippen LogP contribution in [0.1, 0.15) is 30.4 Å². The number of benzene rings is 1. The fourth-order valence-electron chi connectivity index (χ4n) is 3.50. The monoisotopic (exact) mass is 302 g/mol. The Balaban J connectivity index is 1.52. The fraction of sp³-hybridized carbons (Fsp3) is 0.611. The molecule has 1 aromatic carbocycles. The Labute approximate surface area is 132 Å². The molecule has 0 radical (unpaired) electrons. The summed E-state index contributed by atoms with van der Waals surface area (Å²) in [7, 11) is 0. The van der Waals surface area contributed by atoms with Crippen LogP contribution in [0.3, 0.4) is 0 Å². The maximum Gasteiger partial charge on any atom is 0.226 e. The number of β-amino-alcohol motifs (C(OH)–C–C–N with tert-alkyl or cyclic N) is 1. The molecule has 1 saturated carbocycles. The van der Waals surface area contributed by atoms with Gasteiger partial charge in [-0.2, -0.15) is 0 Å². The minimum atomic E-state index is -0.295. The van der Waals surface area contributed by atoms with Gasteiger partial charge in [0.25, 0.3) is 0 Å². The van der Waals surface area contributed by atoms with Crippen LogP contribution in [0, 0.1) is 12.8 Å². The Kier molecular flexibility index (Phi) is 4.50. The van der Waals surface area contributed by atoms with Crippen molar-refractivity contribution in [2.24, 2.45) is 5.92 Å². The van der Waals surface area contributed by atoms with Crippen molar-refractivity contribution in [1.82, 2.24) is 9.80 Å². The Morgan fingerprint density at radius 2 is 2.05 bits per heavy atom.